The summed E-state index contributed by atoms with van der Waals surface area (Å²) in [6.07, 6.45) is 3.08. The molecule has 2 aromatic heterocycles. The normalized spacial score (nSPS) is 11.3. The number of hydrogen-bond donors (Lipinski definition) is 0. The molecule has 5 rings (SSSR count). The molecule has 0 unspecified atom stereocenters. The zero-order chi connectivity index (χ0) is 18.4. The van der Waals surface area contributed by atoms with Crippen molar-refractivity contribution in [2.75, 3.05) is 0 Å². The molecule has 130 valence electrons. The third-order valence-electron chi connectivity index (χ3n) is 4.96. The van der Waals surface area contributed by atoms with Crippen LogP contribution in [0.1, 0.15) is 11.1 Å². The minimum atomic E-state index is 0.677. The van der Waals surface area contributed by atoms with Crippen molar-refractivity contribution in [2.24, 2.45) is 0 Å². The van der Waals surface area contributed by atoms with E-state index < -0.39 is 0 Å². The van der Waals surface area contributed by atoms with Crippen LogP contribution in [0.4, 0.5) is 0 Å². The lowest BCUT2D eigenvalue weighted by Gasteiger charge is -2.13. The summed E-state index contributed by atoms with van der Waals surface area (Å²) in [6.45, 7) is 4.26. The van der Waals surface area contributed by atoms with Crippen LogP contribution in [0.2, 0.25) is 0 Å². The molecule has 0 radical (unpaired) electrons. The first-order valence-electron chi connectivity index (χ1n) is 8.95. The smallest absolute Gasteiger partial charge is 0.164 e. The van der Waals surface area contributed by atoms with Gasteiger partial charge >= 0.3 is 0 Å². The van der Waals surface area contributed by atoms with Gasteiger partial charge in [-0.15, -0.1) is 0 Å². The fraction of sp³-hybridized carbons (Fsp3) is 0.0870. The fourth-order valence-corrected chi connectivity index (χ4v) is 3.73. The highest BCUT2D eigenvalue weighted by Crippen LogP contribution is 2.35. The number of aryl methyl sites for hydroxylation is 2. The van der Waals surface area contributed by atoms with E-state index in [0.29, 0.717) is 5.82 Å². The Morgan fingerprint density at radius 3 is 1.93 bits per heavy atom. The summed E-state index contributed by atoms with van der Waals surface area (Å²) in [5.74, 6) is 0.677. The van der Waals surface area contributed by atoms with Gasteiger partial charge in [0.15, 0.2) is 5.82 Å². The molecular formula is C23H18N4. The van der Waals surface area contributed by atoms with Crippen molar-refractivity contribution in [3.63, 3.8) is 0 Å². The van der Waals surface area contributed by atoms with Crippen molar-refractivity contribution in [2.45, 2.75) is 13.8 Å². The largest absolute Gasteiger partial charge is 0.308 e. The first kappa shape index (κ1) is 15.7. The zero-order valence-electron chi connectivity index (χ0n) is 15.2. The molecule has 2 heterocycles. The van der Waals surface area contributed by atoms with Crippen LogP contribution in [0.15, 0.2) is 73.3 Å². The van der Waals surface area contributed by atoms with Gasteiger partial charge in [-0.2, -0.15) is 0 Å². The first-order valence-corrected chi connectivity index (χ1v) is 8.95. The molecule has 27 heavy (non-hydrogen) atoms. The number of rotatable bonds is 2. The van der Waals surface area contributed by atoms with Gasteiger partial charge in [0.05, 0.1) is 16.7 Å². The van der Waals surface area contributed by atoms with Gasteiger partial charge in [-0.25, -0.2) is 15.0 Å². The van der Waals surface area contributed by atoms with Crippen LogP contribution in [-0.2, 0) is 0 Å². The highest BCUT2D eigenvalue weighted by atomic mass is 15.0. The lowest BCUT2D eigenvalue weighted by Crippen LogP contribution is -1.99. The topological polar surface area (TPSA) is 43.6 Å². The van der Waals surface area contributed by atoms with Crippen molar-refractivity contribution in [1.82, 2.24) is 19.5 Å². The van der Waals surface area contributed by atoms with E-state index in [0.717, 1.165) is 11.3 Å². The Bertz CT molecular complexity index is 1230. The predicted octanol–water partition coefficient (Wildman–Crippen LogP) is 5.25. The SMILES string of the molecule is Cc1ccc2c3ccc(C)cc3n(-c3ccccc3-c3ncncn3)c2c1. The molecule has 0 atom stereocenters. The molecule has 0 aliphatic carbocycles. The molecule has 0 aliphatic rings. The van der Waals surface area contributed by atoms with Crippen LogP contribution in [0.3, 0.4) is 0 Å². The molecule has 0 N–H and O–H groups in total. The number of hydrogen-bond acceptors (Lipinski definition) is 3. The molecule has 0 spiro atoms. The lowest BCUT2D eigenvalue weighted by molar-refractivity contribution is 1.05. The molecule has 0 aliphatic heterocycles. The second-order valence-corrected chi connectivity index (χ2v) is 6.86. The van der Waals surface area contributed by atoms with Crippen molar-refractivity contribution in [3.8, 4) is 17.1 Å². The highest BCUT2D eigenvalue weighted by Gasteiger charge is 2.16. The molecule has 5 aromatic rings. The highest BCUT2D eigenvalue weighted by molar-refractivity contribution is 6.10. The Labute approximate surface area is 157 Å². The Balaban J connectivity index is 1.94. The van der Waals surface area contributed by atoms with Gasteiger partial charge in [-0.3, -0.25) is 0 Å². The Kier molecular flexibility index (Phi) is 3.50. The van der Waals surface area contributed by atoms with E-state index in [9.17, 15) is 0 Å². The van der Waals surface area contributed by atoms with Gasteiger partial charge in [0.25, 0.3) is 0 Å². The summed E-state index contributed by atoms with van der Waals surface area (Å²) in [5, 5.41) is 2.50. The number of nitrogens with zero attached hydrogens (tertiary/aromatic N) is 4. The van der Waals surface area contributed by atoms with Crippen LogP contribution < -0.4 is 0 Å². The van der Waals surface area contributed by atoms with Crippen molar-refractivity contribution in [1.29, 1.82) is 0 Å². The van der Waals surface area contributed by atoms with E-state index >= 15 is 0 Å². The molecule has 4 heteroatoms. The Morgan fingerprint density at radius 1 is 0.704 bits per heavy atom. The van der Waals surface area contributed by atoms with Gasteiger partial charge in [0, 0.05) is 16.3 Å². The van der Waals surface area contributed by atoms with Gasteiger partial charge in [0.2, 0.25) is 0 Å². The predicted molar refractivity (Wildman–Crippen MR) is 109 cm³/mol. The number of aromatic nitrogens is 4. The van der Waals surface area contributed by atoms with Crippen LogP contribution in [0, 0.1) is 13.8 Å². The van der Waals surface area contributed by atoms with Crippen molar-refractivity contribution < 1.29 is 0 Å². The average molecular weight is 350 g/mol. The summed E-state index contributed by atoms with van der Waals surface area (Å²) in [5.41, 5.74) is 6.91. The monoisotopic (exact) mass is 350 g/mol. The van der Waals surface area contributed by atoms with Gasteiger partial charge in [-0.05, 0) is 49.2 Å². The summed E-state index contributed by atoms with van der Waals surface area (Å²) in [4.78, 5) is 12.7. The van der Waals surface area contributed by atoms with Gasteiger partial charge < -0.3 is 4.57 Å². The van der Waals surface area contributed by atoms with Crippen LogP contribution in [0.25, 0.3) is 38.9 Å². The zero-order valence-corrected chi connectivity index (χ0v) is 15.2. The van der Waals surface area contributed by atoms with E-state index in [-0.39, 0.29) is 0 Å². The molecule has 0 fully saturated rings. The second-order valence-electron chi connectivity index (χ2n) is 6.86. The van der Waals surface area contributed by atoms with Crippen LogP contribution in [-0.4, -0.2) is 19.5 Å². The third-order valence-corrected chi connectivity index (χ3v) is 4.96. The van der Waals surface area contributed by atoms with E-state index in [1.165, 1.54) is 32.9 Å². The molecule has 0 amide bonds. The van der Waals surface area contributed by atoms with E-state index in [2.05, 4.69) is 88.0 Å². The van der Waals surface area contributed by atoms with E-state index in [1.54, 1.807) is 12.7 Å². The van der Waals surface area contributed by atoms with Crippen molar-refractivity contribution in [3.05, 3.63) is 84.4 Å². The standard InChI is InChI=1S/C23H18N4/c1-15-7-9-17-18-10-8-16(2)12-22(18)27(21(17)11-15)20-6-4-3-5-19(20)23-25-13-24-14-26-23/h3-14H,1-2H3. The quantitative estimate of drug-likeness (QED) is 0.436. The van der Waals surface area contributed by atoms with Gasteiger partial charge in [0.1, 0.15) is 12.7 Å². The number of benzene rings is 3. The molecule has 3 aromatic carbocycles. The first-order chi connectivity index (χ1) is 13.2. The maximum absolute atomic E-state index is 4.38. The van der Waals surface area contributed by atoms with Gasteiger partial charge in [-0.1, -0.05) is 36.4 Å². The van der Waals surface area contributed by atoms with E-state index in [4.69, 9.17) is 0 Å². The van der Waals surface area contributed by atoms with Crippen LogP contribution in [0.5, 0.6) is 0 Å². The molecule has 0 bridgehead atoms. The lowest BCUT2D eigenvalue weighted by atomic mass is 10.1. The Hall–Kier alpha value is -3.53. The second kappa shape index (κ2) is 6.02. The van der Waals surface area contributed by atoms with Crippen molar-refractivity contribution >= 4 is 21.8 Å². The molecular weight excluding hydrogens is 332 g/mol. The minimum absolute atomic E-state index is 0.677. The average Bonchev–Trinajstić information content (AvgIpc) is 3.01. The minimum Gasteiger partial charge on any atom is -0.308 e. The summed E-state index contributed by atoms with van der Waals surface area (Å²) >= 11 is 0. The summed E-state index contributed by atoms with van der Waals surface area (Å²) in [7, 11) is 0. The Morgan fingerprint density at radius 2 is 1.30 bits per heavy atom. The summed E-state index contributed by atoms with van der Waals surface area (Å²) < 4.78 is 2.32. The van der Waals surface area contributed by atoms with Crippen LogP contribution >= 0.6 is 0 Å². The maximum atomic E-state index is 4.38. The molecule has 0 saturated carbocycles. The fourth-order valence-electron chi connectivity index (χ4n) is 3.73. The third kappa shape index (κ3) is 2.49. The summed E-state index contributed by atoms with van der Waals surface area (Å²) in [6, 6.07) is 21.5. The maximum Gasteiger partial charge on any atom is 0.164 e. The molecule has 0 saturated heterocycles. The van der Waals surface area contributed by atoms with E-state index in [1.807, 2.05) is 6.07 Å². The molecule has 4 nitrogen and oxygen atoms in total. The number of fused-ring (bicyclic) bond motifs is 3. The number of para-hydroxylation sites is 1.